The molecular weight excluding hydrogens is 278 g/mol. The Kier molecular flexibility index (Phi) is 6.90. The van der Waals surface area contributed by atoms with Crippen LogP contribution in [-0.4, -0.2) is 39.2 Å². The van der Waals surface area contributed by atoms with Gasteiger partial charge in [0.05, 0.1) is 18.0 Å². The fraction of sp³-hybridized carbons (Fsp3) is 0.615. The molecule has 0 amide bonds. The van der Waals surface area contributed by atoms with Crippen LogP contribution in [0.2, 0.25) is 0 Å². The van der Waals surface area contributed by atoms with Crippen molar-refractivity contribution in [1.29, 1.82) is 0 Å². The van der Waals surface area contributed by atoms with Gasteiger partial charge >= 0.3 is 0 Å². The summed E-state index contributed by atoms with van der Waals surface area (Å²) in [7, 11) is -3.51. The average Bonchev–Trinajstić information content (AvgIpc) is 2.38. The molecule has 0 unspecified atom stereocenters. The highest BCUT2D eigenvalue weighted by Crippen LogP contribution is 2.13. The first-order valence-electron chi connectivity index (χ1n) is 6.76. The van der Waals surface area contributed by atoms with Crippen LogP contribution in [0.3, 0.4) is 0 Å². The summed E-state index contributed by atoms with van der Waals surface area (Å²) >= 11 is 0. The number of anilines is 1. The Bertz CT molecular complexity index is 503. The molecule has 0 saturated carbocycles. The Balaban J connectivity index is 2.53. The van der Waals surface area contributed by atoms with Crippen molar-refractivity contribution >= 4 is 15.7 Å². The summed E-state index contributed by atoms with van der Waals surface area (Å²) in [6.07, 6.45) is 3.73. The SMILES string of the molecule is CCNc1cncc(S(=O)(=O)NCCCOC(C)C)c1. The summed E-state index contributed by atoms with van der Waals surface area (Å²) in [5.41, 5.74) is 0.693. The number of nitrogens with zero attached hydrogens (tertiary/aromatic N) is 1. The van der Waals surface area contributed by atoms with Gasteiger partial charge in [0, 0.05) is 25.9 Å². The lowest BCUT2D eigenvalue weighted by Gasteiger charge is -2.10. The van der Waals surface area contributed by atoms with Crippen molar-refractivity contribution in [2.45, 2.75) is 38.2 Å². The minimum absolute atomic E-state index is 0.160. The van der Waals surface area contributed by atoms with Gasteiger partial charge in [0.25, 0.3) is 0 Å². The van der Waals surface area contributed by atoms with E-state index in [4.69, 9.17) is 4.74 Å². The summed E-state index contributed by atoms with van der Waals surface area (Å²) in [6, 6.07) is 1.57. The van der Waals surface area contributed by atoms with Crippen LogP contribution in [0.15, 0.2) is 23.4 Å². The van der Waals surface area contributed by atoms with E-state index in [9.17, 15) is 8.42 Å². The van der Waals surface area contributed by atoms with Crippen LogP contribution < -0.4 is 10.0 Å². The zero-order chi connectivity index (χ0) is 15.0. The third kappa shape index (κ3) is 5.85. The van der Waals surface area contributed by atoms with Crippen molar-refractivity contribution < 1.29 is 13.2 Å². The number of ether oxygens (including phenoxy) is 1. The highest BCUT2D eigenvalue weighted by Gasteiger charge is 2.14. The average molecular weight is 301 g/mol. The first-order chi connectivity index (χ1) is 9.45. The third-order valence-corrected chi connectivity index (χ3v) is 3.90. The normalized spacial score (nSPS) is 11.8. The van der Waals surface area contributed by atoms with Crippen molar-refractivity contribution in [2.24, 2.45) is 0 Å². The molecule has 7 heteroatoms. The molecule has 0 aliphatic carbocycles. The lowest BCUT2D eigenvalue weighted by Crippen LogP contribution is -2.26. The largest absolute Gasteiger partial charge is 0.384 e. The summed E-state index contributed by atoms with van der Waals surface area (Å²) in [5, 5.41) is 3.03. The Hall–Kier alpha value is -1.18. The molecule has 1 aromatic heterocycles. The summed E-state index contributed by atoms with van der Waals surface area (Å²) in [6.45, 7) is 7.43. The number of nitrogens with one attached hydrogen (secondary N) is 2. The van der Waals surface area contributed by atoms with E-state index in [2.05, 4.69) is 15.0 Å². The lowest BCUT2D eigenvalue weighted by atomic mass is 10.4. The Labute approximate surface area is 121 Å². The molecule has 0 spiro atoms. The molecule has 0 saturated heterocycles. The van der Waals surface area contributed by atoms with E-state index < -0.39 is 10.0 Å². The van der Waals surface area contributed by atoms with Crippen molar-refractivity contribution in [3.05, 3.63) is 18.5 Å². The van der Waals surface area contributed by atoms with Crippen molar-refractivity contribution in [3.8, 4) is 0 Å². The van der Waals surface area contributed by atoms with Crippen molar-refractivity contribution in [2.75, 3.05) is 25.0 Å². The molecule has 1 rings (SSSR count). The minimum atomic E-state index is -3.51. The molecule has 0 aromatic carbocycles. The molecule has 0 aliphatic rings. The number of sulfonamides is 1. The number of hydrogen-bond donors (Lipinski definition) is 2. The molecular formula is C13H23N3O3S. The highest BCUT2D eigenvalue weighted by atomic mass is 32.2. The zero-order valence-corrected chi connectivity index (χ0v) is 13.0. The van der Waals surface area contributed by atoms with E-state index >= 15 is 0 Å². The third-order valence-electron chi connectivity index (χ3n) is 2.47. The van der Waals surface area contributed by atoms with Gasteiger partial charge in [0.1, 0.15) is 4.90 Å². The standard InChI is InChI=1S/C13H23N3O3S/c1-4-15-12-8-13(10-14-9-12)20(17,18)16-6-5-7-19-11(2)3/h8-11,15-16H,4-7H2,1-3H3. The van der Waals surface area contributed by atoms with Crippen molar-refractivity contribution in [1.82, 2.24) is 9.71 Å². The molecule has 2 N–H and O–H groups in total. The summed E-state index contributed by atoms with van der Waals surface area (Å²) in [4.78, 5) is 4.10. The minimum Gasteiger partial charge on any atom is -0.384 e. The second kappa shape index (κ2) is 8.18. The first kappa shape index (κ1) is 16.9. The molecule has 0 bridgehead atoms. The Morgan fingerprint density at radius 3 is 2.75 bits per heavy atom. The van der Waals surface area contributed by atoms with Gasteiger partial charge < -0.3 is 10.1 Å². The van der Waals surface area contributed by atoms with Gasteiger partial charge in [-0.2, -0.15) is 0 Å². The highest BCUT2D eigenvalue weighted by molar-refractivity contribution is 7.89. The van der Waals surface area contributed by atoms with Crippen LogP contribution in [0.4, 0.5) is 5.69 Å². The fourth-order valence-electron chi connectivity index (χ4n) is 1.55. The van der Waals surface area contributed by atoms with Gasteiger partial charge in [-0.05, 0) is 33.3 Å². The maximum absolute atomic E-state index is 12.1. The molecule has 20 heavy (non-hydrogen) atoms. The molecule has 114 valence electrons. The molecule has 0 aliphatic heterocycles. The second-order valence-electron chi connectivity index (χ2n) is 4.61. The van der Waals surface area contributed by atoms with E-state index in [1.165, 1.54) is 6.20 Å². The van der Waals surface area contributed by atoms with Gasteiger partial charge in [-0.25, -0.2) is 13.1 Å². The topological polar surface area (TPSA) is 80.3 Å². The summed E-state index contributed by atoms with van der Waals surface area (Å²) < 4.78 is 32.0. The van der Waals surface area contributed by atoms with E-state index in [0.29, 0.717) is 31.8 Å². The lowest BCUT2D eigenvalue weighted by molar-refractivity contribution is 0.0778. The van der Waals surface area contributed by atoms with Gasteiger partial charge in [0.2, 0.25) is 10.0 Å². The van der Waals surface area contributed by atoms with Crippen LogP contribution >= 0.6 is 0 Å². The van der Waals surface area contributed by atoms with Crippen molar-refractivity contribution in [3.63, 3.8) is 0 Å². The van der Waals surface area contributed by atoms with Crippen LogP contribution in [0, 0.1) is 0 Å². The number of rotatable bonds is 9. The predicted molar refractivity (Wildman–Crippen MR) is 79.3 cm³/mol. The molecule has 0 radical (unpaired) electrons. The van der Waals surface area contributed by atoms with E-state index in [-0.39, 0.29) is 11.0 Å². The second-order valence-corrected chi connectivity index (χ2v) is 6.38. The van der Waals surface area contributed by atoms with E-state index in [1.54, 1.807) is 12.3 Å². The van der Waals surface area contributed by atoms with Crippen LogP contribution in [-0.2, 0) is 14.8 Å². The van der Waals surface area contributed by atoms with Crippen LogP contribution in [0.5, 0.6) is 0 Å². The smallest absolute Gasteiger partial charge is 0.242 e. The van der Waals surface area contributed by atoms with E-state index in [1.807, 2.05) is 20.8 Å². The monoisotopic (exact) mass is 301 g/mol. The zero-order valence-electron chi connectivity index (χ0n) is 12.2. The van der Waals surface area contributed by atoms with Gasteiger partial charge in [-0.15, -0.1) is 0 Å². The molecule has 0 fully saturated rings. The van der Waals surface area contributed by atoms with Gasteiger partial charge in [-0.3, -0.25) is 4.98 Å². The van der Waals surface area contributed by atoms with Gasteiger partial charge in [0.15, 0.2) is 0 Å². The molecule has 1 aromatic rings. The number of hydrogen-bond acceptors (Lipinski definition) is 5. The molecule has 0 atom stereocenters. The molecule has 1 heterocycles. The van der Waals surface area contributed by atoms with E-state index in [0.717, 1.165) is 0 Å². The Morgan fingerprint density at radius 2 is 2.10 bits per heavy atom. The number of aromatic nitrogens is 1. The molecule has 6 nitrogen and oxygen atoms in total. The quantitative estimate of drug-likeness (QED) is 0.677. The number of pyridine rings is 1. The fourth-order valence-corrected chi connectivity index (χ4v) is 2.61. The van der Waals surface area contributed by atoms with Crippen LogP contribution in [0.25, 0.3) is 0 Å². The van der Waals surface area contributed by atoms with Crippen LogP contribution in [0.1, 0.15) is 27.2 Å². The predicted octanol–water partition coefficient (Wildman–Crippen LogP) is 1.61. The van der Waals surface area contributed by atoms with Gasteiger partial charge in [-0.1, -0.05) is 0 Å². The first-order valence-corrected chi connectivity index (χ1v) is 8.24. The maximum Gasteiger partial charge on any atom is 0.242 e. The Morgan fingerprint density at radius 1 is 1.35 bits per heavy atom. The summed E-state index contributed by atoms with van der Waals surface area (Å²) in [5.74, 6) is 0. The maximum atomic E-state index is 12.1.